The minimum Gasteiger partial charge on any atom is -0.453 e. The third-order valence-electron chi connectivity index (χ3n) is 7.47. The van der Waals surface area contributed by atoms with Gasteiger partial charge in [0, 0.05) is 17.2 Å². The van der Waals surface area contributed by atoms with Gasteiger partial charge in [0.2, 0.25) is 0 Å². The maximum Gasteiger partial charge on any atom is 0.152 e. The molecule has 2 aliphatic rings. The Balaban J connectivity index is 1.56. The van der Waals surface area contributed by atoms with Gasteiger partial charge in [-0.25, -0.2) is 8.78 Å². The Kier molecular flexibility index (Phi) is 4.32. The van der Waals surface area contributed by atoms with E-state index in [4.69, 9.17) is 4.74 Å². The number of rotatable bonds is 1. The molecular weight excluding hydrogens is 476 g/mol. The fourth-order valence-corrected chi connectivity index (χ4v) is 5.98. The van der Waals surface area contributed by atoms with Crippen LogP contribution in [0.15, 0.2) is 115 Å². The summed E-state index contributed by atoms with van der Waals surface area (Å²) in [6.07, 6.45) is 0. The molecular formula is C34H19F2NO. The van der Waals surface area contributed by atoms with Crippen molar-refractivity contribution in [2.24, 2.45) is 0 Å². The van der Waals surface area contributed by atoms with Gasteiger partial charge in [-0.2, -0.15) is 0 Å². The summed E-state index contributed by atoms with van der Waals surface area (Å²) in [5.74, 6) is 0.351. The second kappa shape index (κ2) is 7.77. The van der Waals surface area contributed by atoms with Gasteiger partial charge in [0.05, 0.1) is 17.1 Å². The molecule has 0 saturated carbocycles. The second-order valence-electron chi connectivity index (χ2n) is 9.63. The van der Waals surface area contributed by atoms with Crippen LogP contribution in [0.3, 0.4) is 0 Å². The first-order chi connectivity index (χ1) is 18.7. The van der Waals surface area contributed by atoms with Gasteiger partial charge >= 0.3 is 0 Å². The van der Waals surface area contributed by atoms with E-state index >= 15 is 0 Å². The summed E-state index contributed by atoms with van der Waals surface area (Å²) in [6.45, 7) is 0. The summed E-state index contributed by atoms with van der Waals surface area (Å²) in [7, 11) is 0. The molecule has 6 aromatic rings. The van der Waals surface area contributed by atoms with E-state index in [0.717, 1.165) is 73.2 Å². The minimum atomic E-state index is -0.599. The smallest absolute Gasteiger partial charge is 0.152 e. The van der Waals surface area contributed by atoms with Crippen molar-refractivity contribution in [2.75, 3.05) is 4.90 Å². The molecule has 0 saturated heterocycles. The number of para-hydroxylation sites is 4. The zero-order valence-electron chi connectivity index (χ0n) is 20.1. The fourth-order valence-electron chi connectivity index (χ4n) is 5.98. The summed E-state index contributed by atoms with van der Waals surface area (Å²) < 4.78 is 35.2. The lowest BCUT2D eigenvalue weighted by atomic mass is 9.85. The summed E-state index contributed by atoms with van der Waals surface area (Å²) in [6, 6.07) is 36.4. The van der Waals surface area contributed by atoms with Gasteiger partial charge in [0.1, 0.15) is 11.6 Å². The average Bonchev–Trinajstić information content (AvgIpc) is 3.06. The standard InChI is InChI=1S/C34H19F2NO/c35-21-16-20(17-22(36)18-21)27-19-28-25-11-7-15-32-34(25)37(30-13-5-6-14-31(30)38-32)29-12-4-3-10-26(29)33(28)24-9-2-1-8-23(24)27/h1-19H. The van der Waals surface area contributed by atoms with Gasteiger partial charge in [-0.3, -0.25) is 0 Å². The van der Waals surface area contributed by atoms with Crippen LogP contribution in [-0.2, 0) is 0 Å². The summed E-state index contributed by atoms with van der Waals surface area (Å²) >= 11 is 0. The molecule has 2 aliphatic heterocycles. The van der Waals surface area contributed by atoms with Crippen molar-refractivity contribution in [3.8, 4) is 44.9 Å². The Morgan fingerprint density at radius 1 is 0.500 bits per heavy atom. The molecule has 0 aliphatic carbocycles. The fraction of sp³-hybridized carbons (Fsp3) is 0. The summed E-state index contributed by atoms with van der Waals surface area (Å²) in [4.78, 5) is 2.27. The summed E-state index contributed by atoms with van der Waals surface area (Å²) in [5, 5.41) is 1.95. The number of hydrogen-bond acceptors (Lipinski definition) is 2. The first-order valence-electron chi connectivity index (χ1n) is 12.5. The van der Waals surface area contributed by atoms with Gasteiger partial charge in [-0.1, -0.05) is 66.7 Å². The highest BCUT2D eigenvalue weighted by Crippen LogP contribution is 2.60. The van der Waals surface area contributed by atoms with Crippen LogP contribution in [0.5, 0.6) is 11.5 Å². The lowest BCUT2D eigenvalue weighted by molar-refractivity contribution is 0.477. The Labute approximate surface area is 218 Å². The van der Waals surface area contributed by atoms with E-state index in [1.54, 1.807) is 0 Å². The molecule has 0 amide bonds. The van der Waals surface area contributed by atoms with E-state index in [2.05, 4.69) is 53.4 Å². The monoisotopic (exact) mass is 495 g/mol. The lowest BCUT2D eigenvalue weighted by Gasteiger charge is -2.34. The summed E-state index contributed by atoms with van der Waals surface area (Å²) in [5.41, 5.74) is 8.37. The highest BCUT2D eigenvalue weighted by atomic mass is 19.1. The molecule has 4 heteroatoms. The maximum atomic E-state index is 14.4. The number of nitrogens with zero attached hydrogens (tertiary/aromatic N) is 1. The van der Waals surface area contributed by atoms with E-state index in [0.29, 0.717) is 5.56 Å². The van der Waals surface area contributed by atoms with Crippen LogP contribution in [0.1, 0.15) is 0 Å². The maximum absolute atomic E-state index is 14.4. The SMILES string of the molecule is Fc1cc(F)cc(-c2cc3c(c4ccccc24)-c2ccccc2N2c4ccccc4Oc4cccc-3c42)c1. The first kappa shape index (κ1) is 21.2. The highest BCUT2D eigenvalue weighted by molar-refractivity contribution is 6.16. The number of ether oxygens (including phenoxy) is 1. The molecule has 8 rings (SSSR count). The molecule has 0 N–H and O–H groups in total. The van der Waals surface area contributed by atoms with Gasteiger partial charge < -0.3 is 9.64 Å². The largest absolute Gasteiger partial charge is 0.453 e. The highest BCUT2D eigenvalue weighted by Gasteiger charge is 2.34. The van der Waals surface area contributed by atoms with Crippen LogP contribution in [0.4, 0.5) is 25.8 Å². The van der Waals surface area contributed by atoms with Crippen LogP contribution in [0.25, 0.3) is 44.2 Å². The van der Waals surface area contributed by atoms with Crippen LogP contribution >= 0.6 is 0 Å². The molecule has 38 heavy (non-hydrogen) atoms. The van der Waals surface area contributed by atoms with Crippen molar-refractivity contribution in [3.05, 3.63) is 127 Å². The van der Waals surface area contributed by atoms with E-state index in [1.165, 1.54) is 12.1 Å². The number of fused-ring (bicyclic) bond motifs is 9. The quantitative estimate of drug-likeness (QED) is 0.225. The Morgan fingerprint density at radius 3 is 2.00 bits per heavy atom. The second-order valence-corrected chi connectivity index (χ2v) is 9.63. The van der Waals surface area contributed by atoms with E-state index in [1.807, 2.05) is 48.5 Å². The molecule has 6 aromatic carbocycles. The lowest BCUT2D eigenvalue weighted by Crippen LogP contribution is -2.16. The average molecular weight is 496 g/mol. The van der Waals surface area contributed by atoms with Crippen molar-refractivity contribution in [2.45, 2.75) is 0 Å². The van der Waals surface area contributed by atoms with Crippen molar-refractivity contribution < 1.29 is 13.5 Å². The van der Waals surface area contributed by atoms with Gasteiger partial charge in [0.15, 0.2) is 11.5 Å². The molecule has 0 fully saturated rings. The molecule has 0 atom stereocenters. The molecule has 2 nitrogen and oxygen atoms in total. The first-order valence-corrected chi connectivity index (χ1v) is 12.5. The van der Waals surface area contributed by atoms with E-state index < -0.39 is 11.6 Å². The number of benzene rings is 6. The molecule has 180 valence electrons. The van der Waals surface area contributed by atoms with Gasteiger partial charge in [-0.15, -0.1) is 0 Å². The molecule has 0 radical (unpaired) electrons. The minimum absolute atomic E-state index is 0.502. The van der Waals surface area contributed by atoms with Crippen molar-refractivity contribution in [3.63, 3.8) is 0 Å². The molecule has 0 spiro atoms. The predicted octanol–water partition coefficient (Wildman–Crippen LogP) is 10.0. The van der Waals surface area contributed by atoms with Gasteiger partial charge in [0.25, 0.3) is 0 Å². The molecule has 0 bridgehead atoms. The van der Waals surface area contributed by atoms with Crippen molar-refractivity contribution in [1.29, 1.82) is 0 Å². The third kappa shape index (κ3) is 2.91. The Hall–Kier alpha value is -4.96. The van der Waals surface area contributed by atoms with Crippen LogP contribution < -0.4 is 9.64 Å². The molecule has 2 heterocycles. The topological polar surface area (TPSA) is 12.5 Å². The van der Waals surface area contributed by atoms with E-state index in [-0.39, 0.29) is 0 Å². The van der Waals surface area contributed by atoms with Crippen LogP contribution in [0.2, 0.25) is 0 Å². The normalized spacial score (nSPS) is 12.6. The Bertz CT molecular complexity index is 1920. The van der Waals surface area contributed by atoms with Crippen molar-refractivity contribution >= 4 is 27.8 Å². The molecule has 0 unspecified atom stereocenters. The van der Waals surface area contributed by atoms with E-state index in [9.17, 15) is 8.78 Å². The van der Waals surface area contributed by atoms with Crippen molar-refractivity contribution in [1.82, 2.24) is 0 Å². The zero-order chi connectivity index (χ0) is 25.4. The zero-order valence-corrected chi connectivity index (χ0v) is 20.1. The number of anilines is 3. The van der Waals surface area contributed by atoms with Crippen LogP contribution in [-0.4, -0.2) is 0 Å². The number of halogens is 2. The number of hydrogen-bond donors (Lipinski definition) is 0. The van der Waals surface area contributed by atoms with Gasteiger partial charge in [-0.05, 0) is 75.5 Å². The molecule has 0 aromatic heterocycles. The Morgan fingerprint density at radius 2 is 1.16 bits per heavy atom. The third-order valence-corrected chi connectivity index (χ3v) is 7.47. The van der Waals surface area contributed by atoms with Crippen LogP contribution in [0, 0.1) is 11.6 Å². The predicted molar refractivity (Wildman–Crippen MR) is 148 cm³/mol.